The van der Waals surface area contributed by atoms with Crippen LogP contribution in [-0.4, -0.2) is 18.4 Å². The van der Waals surface area contributed by atoms with Gasteiger partial charge in [0.05, 0.1) is 20.9 Å². The maximum absolute atomic E-state index is 13.7. The van der Waals surface area contributed by atoms with Crippen LogP contribution in [0.4, 0.5) is 52.7 Å². The molecule has 6 heterocycles. The molecule has 2 nitrogen and oxygen atoms in total. The third-order valence-corrected chi connectivity index (χ3v) is 37.1. The molecule has 0 fully saturated rings. The fourth-order valence-electron chi connectivity index (χ4n) is 10.6. The van der Waals surface area contributed by atoms with E-state index in [-0.39, 0.29) is 0 Å². The molecule has 4 aromatic heterocycles. The number of alkyl halides is 12. The summed E-state index contributed by atoms with van der Waals surface area (Å²) in [4.78, 5) is 4.80. The van der Waals surface area contributed by atoms with Crippen LogP contribution in [0.5, 0.6) is 11.5 Å². The van der Waals surface area contributed by atoms with E-state index in [1.165, 1.54) is 87.4 Å². The van der Waals surface area contributed by atoms with Crippen molar-refractivity contribution in [3.8, 4) is 31.0 Å². The van der Waals surface area contributed by atoms with E-state index in [2.05, 4.69) is 26.8 Å². The molecule has 19 heteroatoms. The second-order valence-electron chi connectivity index (χ2n) is 19.6. The molecule has 2 aliphatic rings. The van der Waals surface area contributed by atoms with Crippen LogP contribution in [-0.2, 0) is 35.9 Å². The molecule has 2 aliphatic heterocycles. The predicted molar refractivity (Wildman–Crippen MR) is 291 cm³/mol. The van der Waals surface area contributed by atoms with E-state index in [1.807, 2.05) is 35.1 Å². The molecular weight excluding hydrogens is 1220 g/mol. The van der Waals surface area contributed by atoms with Gasteiger partial charge in [0.15, 0.2) is 5.60 Å². The summed E-state index contributed by atoms with van der Waals surface area (Å²) < 4.78 is 179. The summed E-state index contributed by atoms with van der Waals surface area (Å²) in [7, 11) is 0. The van der Waals surface area contributed by atoms with E-state index in [0.717, 1.165) is 117 Å². The van der Waals surface area contributed by atoms with Crippen LogP contribution in [0.15, 0.2) is 132 Å². The van der Waals surface area contributed by atoms with E-state index in [1.54, 1.807) is 23.5 Å². The van der Waals surface area contributed by atoms with E-state index >= 15 is 0 Å². The zero-order valence-corrected chi connectivity index (χ0v) is 48.7. The number of hydrogen-bond donors (Lipinski definition) is 0. The summed E-state index contributed by atoms with van der Waals surface area (Å²) in [6, 6.07) is 26.7. The van der Waals surface area contributed by atoms with Gasteiger partial charge in [0.2, 0.25) is 0 Å². The van der Waals surface area contributed by atoms with Gasteiger partial charge in [-0.05, 0) is 47.2 Å². The van der Waals surface area contributed by atoms with Crippen molar-refractivity contribution < 1.29 is 62.2 Å². The van der Waals surface area contributed by atoms with Crippen LogP contribution in [0.2, 0.25) is 13.3 Å². The van der Waals surface area contributed by atoms with E-state index in [4.69, 9.17) is 9.47 Å². The summed E-state index contributed by atoms with van der Waals surface area (Å²) in [5, 5.41) is 3.68. The molecule has 0 aliphatic carbocycles. The Morgan fingerprint density at radius 1 is 0.410 bits per heavy atom. The SMILES string of the molecule is CCC[CH2][Sn]([CH2]CCC)([CH2]CCC)[c]1cc2c(s1)-c1sc(C)cc1OC2(c1ccc(C(F)(F)F)cc1)c1ccc(C(F)(F)F)cc1.FC(F)(F)c1ccc(C2(c3ccc(C(F)(F)F)cc3)Oc3ccsc3-c3sccc32)cc1. The van der Waals surface area contributed by atoms with Crippen LogP contribution in [0.3, 0.4) is 0 Å². The number of unbranched alkanes of at least 4 members (excludes halogenated alkanes) is 3. The Labute approximate surface area is 464 Å². The smallest absolute Gasteiger partial charge is 0.416 e. The van der Waals surface area contributed by atoms with Crippen molar-refractivity contribution >= 4 is 66.6 Å². The quantitative estimate of drug-likeness (QED) is 0.0798. The van der Waals surface area contributed by atoms with Gasteiger partial charge in [-0.1, -0.05) is 24.3 Å². The minimum absolute atomic E-state index is 0.391. The average Bonchev–Trinajstić information content (AvgIpc) is 4.42. The van der Waals surface area contributed by atoms with Crippen molar-refractivity contribution in [3.05, 3.63) is 193 Å². The van der Waals surface area contributed by atoms with Crippen LogP contribution in [0.25, 0.3) is 19.5 Å². The van der Waals surface area contributed by atoms with Crippen LogP contribution < -0.4 is 12.4 Å². The third-order valence-electron chi connectivity index (χ3n) is 14.6. The van der Waals surface area contributed by atoms with Gasteiger partial charge in [-0.15, -0.1) is 22.7 Å². The van der Waals surface area contributed by atoms with Crippen molar-refractivity contribution in [2.45, 2.75) is 115 Å². The van der Waals surface area contributed by atoms with Crippen LogP contribution in [0.1, 0.15) is 120 Å². The standard InChI is InChI=1S/C24H13F6OS2.C23H12F6OS2.3C4H9.Sn/c1-13-12-19-21(33-13)20-18(10-11-32-20)22(31-19,14-2-6-16(7-3-14)23(25,26)27)15-4-8-17(9-5-15)24(28,29)30;24-22(25,26)15-5-1-13(2-6-15)21(14-3-7-16(8-4-14)23(27,28)29)17-9-11-31-19(17)20-18(30-21)10-12-32-20;3*1-3-4-2;/h2-10,12H,1H3;1-12H;3*1,3-4H2,2H3;. The molecule has 10 rings (SSSR count). The molecule has 8 aromatic rings. The summed E-state index contributed by atoms with van der Waals surface area (Å²) in [5.41, 5.74) is -2.83. The van der Waals surface area contributed by atoms with E-state index in [0.29, 0.717) is 39.3 Å². The first-order chi connectivity index (χ1) is 36.9. The minimum Gasteiger partial charge on any atom is -0.471 e. The summed E-state index contributed by atoms with van der Waals surface area (Å²) in [6.45, 7) is 8.67. The Hall–Kier alpha value is -4.76. The molecule has 78 heavy (non-hydrogen) atoms. The summed E-state index contributed by atoms with van der Waals surface area (Å²) in [5.74, 6) is 1.14. The Kier molecular flexibility index (Phi) is 16.6. The third kappa shape index (κ3) is 11.1. The number of ether oxygens (including phenoxy) is 2. The minimum atomic E-state index is -4.53. The maximum Gasteiger partial charge on any atom is 0.416 e. The first-order valence-corrected chi connectivity index (χ1v) is 36.3. The Balaban J connectivity index is 0.000000202. The number of fused-ring (bicyclic) bond motifs is 6. The van der Waals surface area contributed by atoms with E-state index in [9.17, 15) is 52.7 Å². The number of benzene rings is 4. The molecule has 0 bridgehead atoms. The molecule has 0 N–H and O–H groups in total. The molecular formula is C59H52F12O2S4Sn. The molecule has 4 aromatic carbocycles. The Morgan fingerprint density at radius 3 is 1.18 bits per heavy atom. The van der Waals surface area contributed by atoms with Crippen molar-refractivity contribution in [2.24, 2.45) is 0 Å². The van der Waals surface area contributed by atoms with Crippen molar-refractivity contribution in [1.29, 1.82) is 0 Å². The second-order valence-corrected chi connectivity index (χ2v) is 37.9. The van der Waals surface area contributed by atoms with Gasteiger partial charge in [0.1, 0.15) is 5.75 Å². The molecule has 0 spiro atoms. The number of thiophene rings is 4. The van der Waals surface area contributed by atoms with Gasteiger partial charge in [-0.2, -0.15) is 26.3 Å². The fraction of sp³-hybridized carbons (Fsp3) is 0.322. The zero-order valence-electron chi connectivity index (χ0n) is 42.6. The molecule has 412 valence electrons. The molecule has 0 saturated carbocycles. The normalized spacial score (nSPS) is 14.8. The topological polar surface area (TPSA) is 18.5 Å². The average molecular weight is 1270 g/mol. The first-order valence-electron chi connectivity index (χ1n) is 25.4. The monoisotopic (exact) mass is 1270 g/mol. The van der Waals surface area contributed by atoms with Gasteiger partial charge >= 0.3 is 294 Å². The van der Waals surface area contributed by atoms with Crippen LogP contribution in [0, 0.1) is 6.92 Å². The number of hydrogen-bond acceptors (Lipinski definition) is 6. The maximum atomic E-state index is 13.7. The molecule has 0 radical (unpaired) electrons. The van der Waals surface area contributed by atoms with Gasteiger partial charge < -0.3 is 4.74 Å². The van der Waals surface area contributed by atoms with Crippen LogP contribution >= 0.6 is 45.3 Å². The van der Waals surface area contributed by atoms with Gasteiger partial charge in [0, 0.05) is 16.7 Å². The molecule has 0 atom stereocenters. The Bertz CT molecular complexity index is 3190. The predicted octanol–water partition coefficient (Wildman–Crippen LogP) is 20.8. The second kappa shape index (κ2) is 22.3. The van der Waals surface area contributed by atoms with Crippen molar-refractivity contribution in [1.82, 2.24) is 0 Å². The number of aryl methyl sites for hydroxylation is 1. The largest absolute Gasteiger partial charge is 0.471 e. The summed E-state index contributed by atoms with van der Waals surface area (Å²) in [6.07, 6.45) is -11.3. The van der Waals surface area contributed by atoms with Gasteiger partial charge in [-0.3, -0.25) is 0 Å². The molecule has 0 unspecified atom stereocenters. The van der Waals surface area contributed by atoms with Gasteiger partial charge in [-0.25, -0.2) is 0 Å². The van der Waals surface area contributed by atoms with Crippen molar-refractivity contribution in [3.63, 3.8) is 0 Å². The Morgan fingerprint density at radius 2 is 0.782 bits per heavy atom. The first kappa shape index (κ1) is 57.9. The van der Waals surface area contributed by atoms with Crippen molar-refractivity contribution in [2.75, 3.05) is 0 Å². The number of rotatable bonds is 14. The van der Waals surface area contributed by atoms with E-state index < -0.39 is 76.5 Å². The zero-order chi connectivity index (χ0) is 56.1. The van der Waals surface area contributed by atoms with Gasteiger partial charge in [0.25, 0.3) is 0 Å². The molecule has 0 amide bonds. The number of halogens is 12. The fourth-order valence-corrected chi connectivity index (χ4v) is 34.0. The summed E-state index contributed by atoms with van der Waals surface area (Å²) >= 11 is 3.33. The molecule has 0 saturated heterocycles.